The van der Waals surface area contributed by atoms with E-state index >= 15 is 0 Å². The minimum atomic E-state index is 0.592. The van der Waals surface area contributed by atoms with Gasteiger partial charge in [0, 0.05) is 32.6 Å². The third-order valence-corrected chi connectivity index (χ3v) is 4.61. The summed E-state index contributed by atoms with van der Waals surface area (Å²) in [6.07, 6.45) is 1.18. The molecule has 1 aliphatic heterocycles. The molecule has 0 radical (unpaired) electrons. The van der Waals surface area contributed by atoms with Crippen LogP contribution >= 0.6 is 0 Å². The maximum Gasteiger partial charge on any atom is 0.193 e. The second-order valence-corrected chi connectivity index (χ2v) is 6.35. The number of likely N-dealkylation sites (tertiary alicyclic amines) is 1. The van der Waals surface area contributed by atoms with Crippen LogP contribution in [-0.2, 0) is 11.3 Å². The minimum Gasteiger partial charge on any atom is -0.375 e. The molecule has 0 aliphatic carbocycles. The number of hydrogen-bond donors (Lipinski definition) is 1. The molecule has 1 aliphatic rings. The van der Waals surface area contributed by atoms with Gasteiger partial charge in [-0.05, 0) is 17.5 Å². The number of aliphatic imine (C=N–C) groups is 1. The van der Waals surface area contributed by atoms with Gasteiger partial charge in [-0.25, -0.2) is 0 Å². The van der Waals surface area contributed by atoms with Gasteiger partial charge in [0.05, 0.1) is 13.2 Å². The van der Waals surface area contributed by atoms with Gasteiger partial charge < -0.3 is 15.0 Å². The van der Waals surface area contributed by atoms with E-state index in [1.54, 1.807) is 0 Å². The Morgan fingerprint density at radius 2 is 1.84 bits per heavy atom. The van der Waals surface area contributed by atoms with Crippen molar-refractivity contribution in [1.29, 1.82) is 0 Å². The quantitative estimate of drug-likeness (QED) is 0.499. The number of ether oxygens (including phenoxy) is 1. The van der Waals surface area contributed by atoms with Crippen molar-refractivity contribution in [3.05, 3.63) is 71.8 Å². The second kappa shape index (κ2) is 9.23. The summed E-state index contributed by atoms with van der Waals surface area (Å²) in [5.74, 6) is 1.57. The topological polar surface area (TPSA) is 36.9 Å². The van der Waals surface area contributed by atoms with Crippen LogP contribution in [-0.4, -0.2) is 44.1 Å². The van der Waals surface area contributed by atoms with E-state index in [1.165, 1.54) is 17.5 Å². The molecule has 1 unspecified atom stereocenters. The molecule has 1 atom stereocenters. The molecule has 4 nitrogen and oxygen atoms in total. The number of rotatable bonds is 6. The van der Waals surface area contributed by atoms with Gasteiger partial charge in [0.25, 0.3) is 0 Å². The molecule has 0 saturated carbocycles. The Morgan fingerprint density at radius 3 is 2.56 bits per heavy atom. The van der Waals surface area contributed by atoms with Gasteiger partial charge in [-0.1, -0.05) is 60.7 Å². The Bertz CT molecular complexity index is 657. The zero-order chi connectivity index (χ0) is 17.3. The number of benzene rings is 2. The van der Waals surface area contributed by atoms with Gasteiger partial charge in [0.2, 0.25) is 0 Å². The van der Waals surface area contributed by atoms with Crippen LogP contribution in [0, 0.1) is 0 Å². The van der Waals surface area contributed by atoms with Crippen LogP contribution in [0.4, 0.5) is 0 Å². The van der Waals surface area contributed by atoms with E-state index in [-0.39, 0.29) is 0 Å². The Labute approximate surface area is 150 Å². The molecule has 1 fully saturated rings. The van der Waals surface area contributed by atoms with Crippen LogP contribution in [0.25, 0.3) is 0 Å². The first-order valence-electron chi connectivity index (χ1n) is 8.99. The lowest BCUT2D eigenvalue weighted by molar-refractivity contribution is 0.125. The zero-order valence-electron chi connectivity index (χ0n) is 14.9. The van der Waals surface area contributed by atoms with E-state index in [2.05, 4.69) is 57.7 Å². The van der Waals surface area contributed by atoms with Gasteiger partial charge in [-0.2, -0.15) is 0 Å². The molecular weight excluding hydrogens is 310 g/mol. The highest BCUT2D eigenvalue weighted by Gasteiger charge is 2.25. The zero-order valence-corrected chi connectivity index (χ0v) is 14.9. The van der Waals surface area contributed by atoms with Crippen LogP contribution in [0.15, 0.2) is 65.7 Å². The van der Waals surface area contributed by atoms with E-state index < -0.39 is 0 Å². The monoisotopic (exact) mass is 337 g/mol. The lowest BCUT2D eigenvalue weighted by atomic mass is 9.99. The predicted molar refractivity (Wildman–Crippen MR) is 103 cm³/mol. The van der Waals surface area contributed by atoms with Crippen molar-refractivity contribution < 1.29 is 4.74 Å². The maximum absolute atomic E-state index is 5.73. The van der Waals surface area contributed by atoms with Crippen molar-refractivity contribution in [2.75, 3.05) is 33.3 Å². The number of nitrogens with one attached hydrogen (secondary N) is 1. The van der Waals surface area contributed by atoms with E-state index in [9.17, 15) is 0 Å². The average molecular weight is 337 g/mol. The fourth-order valence-electron chi connectivity index (χ4n) is 3.28. The molecule has 1 heterocycles. The van der Waals surface area contributed by atoms with E-state index in [0.29, 0.717) is 19.1 Å². The molecule has 0 bridgehead atoms. The molecule has 3 rings (SSSR count). The standard InChI is InChI=1S/C21H27N3O/c1-22-21(23-13-15-25-17-18-8-4-2-5-9-18)24-14-12-20(16-24)19-10-6-3-7-11-19/h2-11,20H,12-17H2,1H3,(H,22,23). The van der Waals surface area contributed by atoms with Crippen LogP contribution < -0.4 is 5.32 Å². The summed E-state index contributed by atoms with van der Waals surface area (Å²) in [5.41, 5.74) is 2.63. The average Bonchev–Trinajstić information content (AvgIpc) is 3.16. The minimum absolute atomic E-state index is 0.592. The number of hydrogen-bond acceptors (Lipinski definition) is 2. The van der Waals surface area contributed by atoms with Gasteiger partial charge in [-0.3, -0.25) is 4.99 Å². The molecule has 4 heteroatoms. The summed E-state index contributed by atoms with van der Waals surface area (Å²) >= 11 is 0. The van der Waals surface area contributed by atoms with Crippen molar-refractivity contribution in [2.24, 2.45) is 4.99 Å². The SMILES string of the molecule is CN=C(NCCOCc1ccccc1)N1CCC(c2ccccc2)C1. The third-order valence-electron chi connectivity index (χ3n) is 4.61. The highest BCUT2D eigenvalue weighted by Crippen LogP contribution is 2.26. The largest absolute Gasteiger partial charge is 0.375 e. The fraction of sp³-hybridized carbons (Fsp3) is 0.381. The van der Waals surface area contributed by atoms with Gasteiger partial charge >= 0.3 is 0 Å². The van der Waals surface area contributed by atoms with Crippen molar-refractivity contribution in [1.82, 2.24) is 10.2 Å². The molecule has 0 aromatic heterocycles. The molecule has 25 heavy (non-hydrogen) atoms. The van der Waals surface area contributed by atoms with Gasteiger partial charge in [0.15, 0.2) is 5.96 Å². The summed E-state index contributed by atoms with van der Waals surface area (Å²) in [4.78, 5) is 6.77. The normalized spacial score (nSPS) is 17.7. The first kappa shape index (κ1) is 17.5. The van der Waals surface area contributed by atoms with Crippen molar-refractivity contribution in [2.45, 2.75) is 18.9 Å². The summed E-state index contributed by atoms with van der Waals surface area (Å²) < 4.78 is 5.73. The smallest absolute Gasteiger partial charge is 0.193 e. The maximum atomic E-state index is 5.73. The fourth-order valence-corrected chi connectivity index (χ4v) is 3.28. The Kier molecular flexibility index (Phi) is 6.46. The molecule has 0 amide bonds. The molecule has 132 valence electrons. The van der Waals surface area contributed by atoms with Crippen LogP contribution in [0.5, 0.6) is 0 Å². The Morgan fingerprint density at radius 1 is 1.12 bits per heavy atom. The number of nitrogens with zero attached hydrogens (tertiary/aromatic N) is 2. The molecule has 1 N–H and O–H groups in total. The Hall–Kier alpha value is -2.33. The molecular formula is C21H27N3O. The molecule has 2 aromatic carbocycles. The van der Waals surface area contributed by atoms with E-state index in [4.69, 9.17) is 4.74 Å². The third kappa shape index (κ3) is 5.07. The summed E-state index contributed by atoms with van der Waals surface area (Å²) in [5, 5.41) is 3.42. The van der Waals surface area contributed by atoms with Crippen molar-refractivity contribution in [3.8, 4) is 0 Å². The second-order valence-electron chi connectivity index (χ2n) is 6.35. The van der Waals surface area contributed by atoms with Crippen molar-refractivity contribution >= 4 is 5.96 Å². The van der Waals surface area contributed by atoms with Crippen molar-refractivity contribution in [3.63, 3.8) is 0 Å². The molecule has 2 aromatic rings. The van der Waals surface area contributed by atoms with E-state index in [0.717, 1.165) is 25.6 Å². The highest BCUT2D eigenvalue weighted by atomic mass is 16.5. The van der Waals surface area contributed by atoms with Crippen LogP contribution in [0.3, 0.4) is 0 Å². The van der Waals surface area contributed by atoms with Gasteiger partial charge in [-0.15, -0.1) is 0 Å². The summed E-state index contributed by atoms with van der Waals surface area (Å²) in [6.45, 7) is 4.16. The first-order valence-corrected chi connectivity index (χ1v) is 8.99. The highest BCUT2D eigenvalue weighted by molar-refractivity contribution is 5.80. The first-order chi connectivity index (χ1) is 12.4. The molecule has 1 saturated heterocycles. The Balaban J connectivity index is 1.40. The summed E-state index contributed by atoms with van der Waals surface area (Å²) in [6, 6.07) is 21.0. The lowest BCUT2D eigenvalue weighted by Gasteiger charge is -2.21. The van der Waals surface area contributed by atoms with Crippen LogP contribution in [0.2, 0.25) is 0 Å². The van der Waals surface area contributed by atoms with E-state index in [1.807, 2.05) is 25.2 Å². The summed E-state index contributed by atoms with van der Waals surface area (Å²) in [7, 11) is 1.85. The van der Waals surface area contributed by atoms with Crippen LogP contribution in [0.1, 0.15) is 23.5 Å². The lowest BCUT2D eigenvalue weighted by Crippen LogP contribution is -2.41. The predicted octanol–water partition coefficient (Wildman–Crippen LogP) is 3.27. The number of guanidine groups is 1. The van der Waals surface area contributed by atoms with Gasteiger partial charge in [0.1, 0.15) is 0 Å². The molecule has 0 spiro atoms.